The van der Waals surface area contributed by atoms with Crippen LogP contribution in [-0.2, 0) is 9.53 Å². The number of nitrogens with two attached hydrogens (primary N) is 1. The molecule has 0 aromatic heterocycles. The average Bonchev–Trinajstić information content (AvgIpc) is 2.21. The number of hydrogen-bond acceptors (Lipinski definition) is 3. The van der Waals surface area contributed by atoms with Gasteiger partial charge in [-0.3, -0.25) is 4.79 Å². The van der Waals surface area contributed by atoms with Crippen LogP contribution in [0.1, 0.15) is 24.9 Å². The van der Waals surface area contributed by atoms with Crippen molar-refractivity contribution < 1.29 is 9.53 Å². The number of benzene rings is 1. The van der Waals surface area contributed by atoms with E-state index in [2.05, 4.69) is 15.9 Å². The molecule has 88 valence electrons. The Morgan fingerprint density at radius 1 is 1.62 bits per heavy atom. The van der Waals surface area contributed by atoms with Gasteiger partial charge in [0.2, 0.25) is 0 Å². The number of esters is 1. The number of hydrogen-bond donors (Lipinski definition) is 1. The van der Waals surface area contributed by atoms with Crippen LogP contribution in [0.3, 0.4) is 0 Å². The third-order valence-electron chi connectivity index (χ3n) is 2.05. The molecule has 1 aromatic rings. The van der Waals surface area contributed by atoms with Crippen molar-refractivity contribution in [3.63, 3.8) is 0 Å². The number of halogens is 2. The third-order valence-corrected chi connectivity index (χ3v) is 3.01. The second kappa shape index (κ2) is 6.23. The van der Waals surface area contributed by atoms with Crippen molar-refractivity contribution in [2.45, 2.75) is 19.4 Å². The summed E-state index contributed by atoms with van der Waals surface area (Å²) in [7, 11) is 0. The Balaban J connectivity index is 2.76. The van der Waals surface area contributed by atoms with Crippen LogP contribution in [0.5, 0.6) is 0 Å². The zero-order chi connectivity index (χ0) is 12.1. The van der Waals surface area contributed by atoms with Gasteiger partial charge < -0.3 is 10.5 Å². The van der Waals surface area contributed by atoms with Gasteiger partial charge in [0.1, 0.15) is 0 Å². The lowest BCUT2D eigenvalue weighted by atomic mass is 10.1. The molecule has 0 saturated carbocycles. The smallest absolute Gasteiger partial charge is 0.307 e. The summed E-state index contributed by atoms with van der Waals surface area (Å²) in [6.07, 6.45) is 0.146. The van der Waals surface area contributed by atoms with E-state index in [9.17, 15) is 4.79 Å². The molecular formula is C11H13BrClNO2. The Morgan fingerprint density at radius 3 is 2.94 bits per heavy atom. The molecule has 1 atom stereocenters. The van der Waals surface area contributed by atoms with Crippen molar-refractivity contribution in [3.8, 4) is 0 Å². The predicted molar refractivity (Wildman–Crippen MR) is 67.3 cm³/mol. The Morgan fingerprint density at radius 2 is 2.31 bits per heavy atom. The Hall–Kier alpha value is -0.580. The lowest BCUT2D eigenvalue weighted by Crippen LogP contribution is -2.17. The van der Waals surface area contributed by atoms with Crippen LogP contribution in [0, 0.1) is 0 Å². The highest BCUT2D eigenvalue weighted by molar-refractivity contribution is 9.10. The second-order valence-corrected chi connectivity index (χ2v) is 4.57. The maximum atomic E-state index is 11.3. The topological polar surface area (TPSA) is 52.3 Å². The quantitative estimate of drug-likeness (QED) is 0.870. The van der Waals surface area contributed by atoms with Gasteiger partial charge in [-0.1, -0.05) is 27.5 Å². The predicted octanol–water partition coefficient (Wildman–Crippen LogP) is 3.06. The summed E-state index contributed by atoms with van der Waals surface area (Å²) in [5, 5.41) is 0.595. The summed E-state index contributed by atoms with van der Waals surface area (Å²) >= 11 is 9.24. The first-order chi connectivity index (χ1) is 7.54. The third kappa shape index (κ3) is 3.77. The van der Waals surface area contributed by atoms with E-state index in [0.717, 1.165) is 10.0 Å². The zero-order valence-corrected chi connectivity index (χ0v) is 11.2. The molecule has 0 amide bonds. The number of carbonyl (C=O) groups excluding carboxylic acids is 1. The van der Waals surface area contributed by atoms with Gasteiger partial charge >= 0.3 is 5.97 Å². The molecule has 0 aliphatic carbocycles. The van der Waals surface area contributed by atoms with Gasteiger partial charge in [-0.25, -0.2) is 0 Å². The van der Waals surface area contributed by atoms with E-state index in [4.69, 9.17) is 22.1 Å². The minimum absolute atomic E-state index is 0.146. The molecule has 5 heteroatoms. The van der Waals surface area contributed by atoms with Gasteiger partial charge in [0.15, 0.2) is 0 Å². The molecule has 0 bridgehead atoms. The Kier molecular flexibility index (Phi) is 5.25. The highest BCUT2D eigenvalue weighted by Crippen LogP contribution is 2.27. The van der Waals surface area contributed by atoms with Gasteiger partial charge in [0, 0.05) is 15.5 Å². The molecule has 1 aromatic carbocycles. The summed E-state index contributed by atoms with van der Waals surface area (Å²) in [6.45, 7) is 2.13. The van der Waals surface area contributed by atoms with Gasteiger partial charge in [-0.15, -0.1) is 0 Å². The van der Waals surface area contributed by atoms with Crippen molar-refractivity contribution in [1.29, 1.82) is 0 Å². The van der Waals surface area contributed by atoms with Gasteiger partial charge in [0.05, 0.1) is 13.0 Å². The normalized spacial score (nSPS) is 12.2. The maximum absolute atomic E-state index is 11.3. The molecule has 0 unspecified atom stereocenters. The molecule has 1 rings (SSSR count). The number of ether oxygens (including phenoxy) is 1. The first-order valence-electron chi connectivity index (χ1n) is 4.90. The van der Waals surface area contributed by atoms with Crippen molar-refractivity contribution in [1.82, 2.24) is 0 Å². The Labute approximate surface area is 108 Å². The monoisotopic (exact) mass is 305 g/mol. The molecule has 0 aliphatic rings. The van der Waals surface area contributed by atoms with Crippen LogP contribution in [0.15, 0.2) is 22.7 Å². The second-order valence-electron chi connectivity index (χ2n) is 3.28. The van der Waals surface area contributed by atoms with Crippen molar-refractivity contribution in [3.05, 3.63) is 33.3 Å². The van der Waals surface area contributed by atoms with Crippen molar-refractivity contribution in [2.75, 3.05) is 6.61 Å². The molecule has 0 saturated heterocycles. The molecule has 16 heavy (non-hydrogen) atoms. The standard InChI is InChI=1S/C11H13BrClNO2/c1-2-16-11(15)6-10(14)8-5-7(13)3-4-9(8)12/h3-5,10H,2,6,14H2,1H3/t10-/m0/s1. The highest BCUT2D eigenvalue weighted by atomic mass is 79.9. The molecule has 3 nitrogen and oxygen atoms in total. The van der Waals surface area contributed by atoms with Gasteiger partial charge in [-0.05, 0) is 30.7 Å². The summed E-state index contributed by atoms with van der Waals surface area (Å²) in [4.78, 5) is 11.3. The summed E-state index contributed by atoms with van der Waals surface area (Å²) < 4.78 is 5.68. The van der Waals surface area contributed by atoms with Gasteiger partial charge in [0.25, 0.3) is 0 Å². The van der Waals surface area contributed by atoms with E-state index in [1.54, 1.807) is 19.1 Å². The maximum Gasteiger partial charge on any atom is 0.307 e. The van der Waals surface area contributed by atoms with E-state index >= 15 is 0 Å². The van der Waals surface area contributed by atoms with Crippen molar-refractivity contribution >= 4 is 33.5 Å². The van der Waals surface area contributed by atoms with Crippen LogP contribution in [-0.4, -0.2) is 12.6 Å². The highest BCUT2D eigenvalue weighted by Gasteiger charge is 2.15. The zero-order valence-electron chi connectivity index (χ0n) is 8.87. The molecule has 0 spiro atoms. The largest absolute Gasteiger partial charge is 0.466 e. The van der Waals surface area contributed by atoms with E-state index in [1.807, 2.05) is 6.07 Å². The minimum atomic E-state index is -0.410. The molecule has 0 heterocycles. The van der Waals surface area contributed by atoms with E-state index in [1.165, 1.54) is 0 Å². The minimum Gasteiger partial charge on any atom is -0.466 e. The first kappa shape index (κ1) is 13.5. The SMILES string of the molecule is CCOC(=O)C[C@H](N)c1cc(Cl)ccc1Br. The molecule has 0 radical (unpaired) electrons. The number of carbonyl (C=O) groups is 1. The lowest BCUT2D eigenvalue weighted by molar-refractivity contribution is -0.143. The van der Waals surface area contributed by atoms with Gasteiger partial charge in [-0.2, -0.15) is 0 Å². The fourth-order valence-corrected chi connectivity index (χ4v) is 2.03. The molecule has 0 fully saturated rings. The lowest BCUT2D eigenvalue weighted by Gasteiger charge is -2.13. The summed E-state index contributed by atoms with van der Waals surface area (Å²) in [5.74, 6) is -0.304. The van der Waals surface area contributed by atoms with E-state index in [0.29, 0.717) is 11.6 Å². The van der Waals surface area contributed by atoms with Crippen LogP contribution in [0.25, 0.3) is 0 Å². The Bertz CT molecular complexity index is 384. The first-order valence-corrected chi connectivity index (χ1v) is 6.07. The van der Waals surface area contributed by atoms with Crippen LogP contribution in [0.4, 0.5) is 0 Å². The fourth-order valence-electron chi connectivity index (χ4n) is 1.31. The summed E-state index contributed by atoms with van der Waals surface area (Å²) in [6, 6.07) is 4.90. The van der Waals surface area contributed by atoms with E-state index in [-0.39, 0.29) is 12.4 Å². The van der Waals surface area contributed by atoms with Crippen LogP contribution in [0.2, 0.25) is 5.02 Å². The molecular weight excluding hydrogens is 293 g/mol. The van der Waals surface area contributed by atoms with Crippen LogP contribution >= 0.6 is 27.5 Å². The van der Waals surface area contributed by atoms with Crippen LogP contribution < -0.4 is 5.73 Å². The molecule has 0 aliphatic heterocycles. The summed E-state index contributed by atoms with van der Waals surface area (Å²) in [5.41, 5.74) is 6.71. The number of rotatable bonds is 4. The van der Waals surface area contributed by atoms with E-state index < -0.39 is 6.04 Å². The fraction of sp³-hybridized carbons (Fsp3) is 0.364. The average molecular weight is 307 g/mol. The van der Waals surface area contributed by atoms with Crippen molar-refractivity contribution in [2.24, 2.45) is 5.73 Å². The molecule has 2 N–H and O–H groups in total.